The van der Waals surface area contributed by atoms with Crippen LogP contribution in [-0.4, -0.2) is 27.7 Å². The number of amides is 1. The molecule has 6 heteroatoms. The maximum Gasteiger partial charge on any atom is 0.238 e. The van der Waals surface area contributed by atoms with Crippen molar-refractivity contribution < 1.29 is 4.79 Å². The molecule has 26 heavy (non-hydrogen) atoms. The Morgan fingerprint density at radius 1 is 1.27 bits per heavy atom. The van der Waals surface area contributed by atoms with Gasteiger partial charge in [-0.3, -0.25) is 10.1 Å². The summed E-state index contributed by atoms with van der Waals surface area (Å²) in [5.74, 6) is 2.92. The number of carbonyl (C=O) groups excluding carboxylic acids is 1. The van der Waals surface area contributed by atoms with Crippen LogP contribution in [0, 0.1) is 12.7 Å². The fourth-order valence-corrected chi connectivity index (χ4v) is 4.06. The van der Waals surface area contributed by atoms with Crippen molar-refractivity contribution in [1.29, 1.82) is 0 Å². The van der Waals surface area contributed by atoms with Crippen LogP contribution in [0.3, 0.4) is 0 Å². The summed E-state index contributed by atoms with van der Waals surface area (Å²) in [7, 11) is 0. The van der Waals surface area contributed by atoms with Crippen LogP contribution in [0.5, 0.6) is 0 Å². The lowest BCUT2D eigenvalue weighted by molar-refractivity contribution is -0.122. The van der Waals surface area contributed by atoms with E-state index in [0.29, 0.717) is 6.54 Å². The number of aryl methyl sites for hydroxylation is 1. The number of nitrogens with one attached hydrogen (secondary N) is 3. The number of hydrogen-bond donors (Lipinski definition) is 3. The summed E-state index contributed by atoms with van der Waals surface area (Å²) < 4.78 is 0. The third kappa shape index (κ3) is 3.76. The normalized spacial score (nSPS) is 20.2. The number of carbonyl (C=O) groups is 1. The summed E-state index contributed by atoms with van der Waals surface area (Å²) in [6.45, 7) is 2.58. The Bertz CT molecular complexity index is 906. The molecular formula is C20H21N4OS. The van der Waals surface area contributed by atoms with Gasteiger partial charge in [-0.2, -0.15) is 11.8 Å². The number of benzene rings is 2. The number of aromatic amines is 1. The van der Waals surface area contributed by atoms with Gasteiger partial charge >= 0.3 is 0 Å². The van der Waals surface area contributed by atoms with Crippen molar-refractivity contribution in [3.05, 3.63) is 71.2 Å². The van der Waals surface area contributed by atoms with Gasteiger partial charge in [-0.05, 0) is 30.2 Å². The predicted octanol–water partition coefficient (Wildman–Crippen LogP) is 3.10. The molecule has 2 aromatic carbocycles. The van der Waals surface area contributed by atoms with E-state index in [2.05, 4.69) is 51.8 Å². The van der Waals surface area contributed by atoms with Crippen LogP contribution < -0.4 is 10.6 Å². The molecule has 1 aromatic heterocycles. The van der Waals surface area contributed by atoms with Gasteiger partial charge in [-0.1, -0.05) is 35.9 Å². The number of hydrogen-bond acceptors (Lipinski definition) is 4. The highest BCUT2D eigenvalue weighted by Crippen LogP contribution is 2.27. The van der Waals surface area contributed by atoms with Gasteiger partial charge in [0.15, 0.2) is 0 Å². The average molecular weight is 365 g/mol. The molecular weight excluding hydrogens is 344 g/mol. The molecule has 133 valence electrons. The zero-order valence-electron chi connectivity index (χ0n) is 14.5. The molecule has 1 unspecified atom stereocenters. The highest BCUT2D eigenvalue weighted by Gasteiger charge is 2.27. The molecule has 2 atom stereocenters. The van der Waals surface area contributed by atoms with Crippen molar-refractivity contribution in [1.82, 2.24) is 20.6 Å². The molecule has 2 heterocycles. The zero-order chi connectivity index (χ0) is 17.9. The molecule has 1 aliphatic rings. The van der Waals surface area contributed by atoms with Crippen LogP contribution in [-0.2, 0) is 11.3 Å². The number of rotatable bonds is 4. The SMILES string of the molecule is Cc1ccc(C2CS[CH][C@@H](C(=O)NCc3ccc4nc[nH]c4c3)N2)cc1. The predicted molar refractivity (Wildman–Crippen MR) is 106 cm³/mol. The van der Waals surface area contributed by atoms with E-state index in [1.807, 2.05) is 24.0 Å². The molecule has 1 fully saturated rings. The van der Waals surface area contributed by atoms with Gasteiger partial charge in [0.25, 0.3) is 0 Å². The number of thioether (sulfide) groups is 1. The van der Waals surface area contributed by atoms with Gasteiger partial charge in [0, 0.05) is 24.1 Å². The Morgan fingerprint density at radius 3 is 2.96 bits per heavy atom. The van der Waals surface area contributed by atoms with Gasteiger partial charge in [-0.25, -0.2) is 4.98 Å². The van der Waals surface area contributed by atoms with Crippen LogP contribution in [0.4, 0.5) is 0 Å². The molecule has 0 spiro atoms. The monoisotopic (exact) mass is 365 g/mol. The van der Waals surface area contributed by atoms with E-state index in [9.17, 15) is 4.79 Å². The Morgan fingerprint density at radius 2 is 2.12 bits per heavy atom. The summed E-state index contributed by atoms with van der Waals surface area (Å²) in [4.78, 5) is 19.9. The Balaban J connectivity index is 1.37. The fraction of sp³-hybridized carbons (Fsp3) is 0.250. The average Bonchev–Trinajstić information content (AvgIpc) is 3.14. The van der Waals surface area contributed by atoms with Crippen molar-refractivity contribution in [2.75, 3.05) is 5.75 Å². The smallest absolute Gasteiger partial charge is 0.238 e. The van der Waals surface area contributed by atoms with Crippen molar-refractivity contribution in [3.63, 3.8) is 0 Å². The number of imidazole rings is 1. The molecule has 1 radical (unpaired) electrons. The molecule has 4 rings (SSSR count). The minimum atomic E-state index is -0.295. The third-order valence-corrected chi connectivity index (χ3v) is 5.58. The standard InChI is InChI=1S/C20H21N4OS/c1-13-2-5-15(6-3-13)18-10-26-11-19(24-18)20(25)21-9-14-4-7-16-17(8-14)23-12-22-16/h2-8,11-12,18-19,24H,9-10H2,1H3,(H,21,25)(H,22,23)/t18?,19-/m0/s1. The Kier molecular flexibility index (Phi) is 4.95. The minimum absolute atomic E-state index is 0.000908. The van der Waals surface area contributed by atoms with E-state index in [4.69, 9.17) is 0 Å². The van der Waals surface area contributed by atoms with Gasteiger partial charge in [0.05, 0.1) is 17.4 Å². The summed E-state index contributed by atoms with van der Waals surface area (Å²) >= 11 is 1.70. The first-order chi connectivity index (χ1) is 12.7. The molecule has 1 amide bonds. The highest BCUT2D eigenvalue weighted by molar-refractivity contribution is 8.01. The number of nitrogens with zero attached hydrogens (tertiary/aromatic N) is 1. The van der Waals surface area contributed by atoms with Gasteiger partial charge in [0.2, 0.25) is 5.91 Å². The molecule has 0 saturated carbocycles. The highest BCUT2D eigenvalue weighted by atomic mass is 32.2. The van der Waals surface area contributed by atoms with Gasteiger partial charge < -0.3 is 10.3 Å². The van der Waals surface area contributed by atoms with Crippen molar-refractivity contribution in [2.24, 2.45) is 0 Å². The largest absolute Gasteiger partial charge is 0.351 e. The zero-order valence-corrected chi connectivity index (χ0v) is 15.3. The second kappa shape index (κ2) is 7.51. The second-order valence-corrected chi connectivity index (χ2v) is 7.49. The first-order valence-corrected chi connectivity index (χ1v) is 9.71. The molecule has 5 nitrogen and oxygen atoms in total. The van der Waals surface area contributed by atoms with E-state index in [-0.39, 0.29) is 18.0 Å². The molecule has 1 aliphatic heterocycles. The van der Waals surface area contributed by atoms with Crippen molar-refractivity contribution in [2.45, 2.75) is 25.6 Å². The molecule has 3 aromatic rings. The third-order valence-electron chi connectivity index (χ3n) is 4.59. The van der Waals surface area contributed by atoms with Gasteiger partial charge in [0.1, 0.15) is 6.04 Å². The number of H-pyrrole nitrogens is 1. The Hall–Kier alpha value is -2.31. The summed E-state index contributed by atoms with van der Waals surface area (Å²) in [6, 6.07) is 14.3. The van der Waals surface area contributed by atoms with Crippen LogP contribution in [0.25, 0.3) is 11.0 Å². The Labute approximate surface area is 157 Å². The lowest BCUT2D eigenvalue weighted by Gasteiger charge is -2.30. The second-order valence-electron chi connectivity index (χ2n) is 6.55. The first kappa shape index (κ1) is 17.1. The van der Waals surface area contributed by atoms with E-state index in [1.165, 1.54) is 11.1 Å². The van der Waals surface area contributed by atoms with Crippen molar-refractivity contribution in [3.8, 4) is 0 Å². The van der Waals surface area contributed by atoms with E-state index < -0.39 is 0 Å². The summed E-state index contributed by atoms with van der Waals surface area (Å²) in [5, 5.41) is 6.47. The molecule has 0 bridgehead atoms. The van der Waals surface area contributed by atoms with E-state index in [1.54, 1.807) is 18.1 Å². The molecule has 1 saturated heterocycles. The lowest BCUT2D eigenvalue weighted by Crippen LogP contribution is -2.48. The minimum Gasteiger partial charge on any atom is -0.351 e. The summed E-state index contributed by atoms with van der Waals surface area (Å²) in [5.41, 5.74) is 5.42. The van der Waals surface area contributed by atoms with Gasteiger partial charge in [-0.15, -0.1) is 0 Å². The topological polar surface area (TPSA) is 69.8 Å². The molecule has 3 N–H and O–H groups in total. The fourth-order valence-electron chi connectivity index (χ4n) is 3.07. The number of aromatic nitrogens is 2. The van der Waals surface area contributed by atoms with Crippen molar-refractivity contribution >= 4 is 28.7 Å². The maximum absolute atomic E-state index is 12.6. The lowest BCUT2D eigenvalue weighted by atomic mass is 10.1. The van der Waals surface area contributed by atoms with Crippen LogP contribution in [0.1, 0.15) is 22.7 Å². The first-order valence-electron chi connectivity index (χ1n) is 8.66. The van der Waals surface area contributed by atoms with E-state index >= 15 is 0 Å². The van der Waals surface area contributed by atoms with Crippen LogP contribution in [0.2, 0.25) is 0 Å². The number of fused-ring (bicyclic) bond motifs is 1. The van der Waals surface area contributed by atoms with Crippen LogP contribution in [0.15, 0.2) is 48.8 Å². The maximum atomic E-state index is 12.6. The van der Waals surface area contributed by atoms with E-state index in [0.717, 1.165) is 22.3 Å². The summed E-state index contributed by atoms with van der Waals surface area (Å²) in [6.07, 6.45) is 1.68. The van der Waals surface area contributed by atoms with Crippen LogP contribution >= 0.6 is 11.8 Å². The molecule has 0 aliphatic carbocycles. The quantitative estimate of drug-likeness (QED) is 0.664.